The van der Waals surface area contributed by atoms with E-state index in [1.54, 1.807) is 0 Å². The number of hydrogen-bond acceptors (Lipinski definition) is 4. The Hall–Kier alpha value is -1.14. The molecule has 0 aromatic carbocycles. The highest BCUT2D eigenvalue weighted by atomic mass is 16.5. The summed E-state index contributed by atoms with van der Waals surface area (Å²) in [4.78, 5) is 25.3. The van der Waals surface area contributed by atoms with E-state index in [0.29, 0.717) is 13.0 Å². The van der Waals surface area contributed by atoms with Crippen LogP contribution in [0, 0.1) is 5.41 Å². The number of nitrogens with zero attached hydrogens (tertiary/aromatic N) is 1. The molecule has 1 fully saturated rings. The van der Waals surface area contributed by atoms with Gasteiger partial charge in [0, 0.05) is 24.5 Å². The minimum atomic E-state index is -1.01. The third-order valence-electron chi connectivity index (χ3n) is 4.42. The van der Waals surface area contributed by atoms with E-state index >= 15 is 0 Å². The van der Waals surface area contributed by atoms with Crippen LogP contribution in [0.25, 0.3) is 0 Å². The van der Waals surface area contributed by atoms with Crippen molar-refractivity contribution in [1.29, 1.82) is 0 Å². The molecule has 20 heavy (non-hydrogen) atoms. The second kappa shape index (κ2) is 5.69. The van der Waals surface area contributed by atoms with Gasteiger partial charge in [-0.25, -0.2) is 0 Å². The van der Waals surface area contributed by atoms with Crippen molar-refractivity contribution in [1.82, 2.24) is 4.90 Å². The molecule has 4 N–H and O–H groups in total. The fourth-order valence-electron chi connectivity index (χ4n) is 2.71. The van der Waals surface area contributed by atoms with Crippen LogP contribution in [0.15, 0.2) is 0 Å². The van der Waals surface area contributed by atoms with E-state index in [0.717, 1.165) is 0 Å². The van der Waals surface area contributed by atoms with Crippen molar-refractivity contribution >= 4 is 11.8 Å². The van der Waals surface area contributed by atoms with Crippen LogP contribution in [-0.2, 0) is 14.3 Å². The van der Waals surface area contributed by atoms with Gasteiger partial charge in [0.1, 0.15) is 5.54 Å². The molecule has 0 aromatic rings. The van der Waals surface area contributed by atoms with Gasteiger partial charge in [0.05, 0.1) is 12.6 Å². The quantitative estimate of drug-likeness (QED) is 0.730. The van der Waals surface area contributed by atoms with Crippen molar-refractivity contribution in [2.45, 2.75) is 58.7 Å². The molecule has 0 heterocycles. The summed E-state index contributed by atoms with van der Waals surface area (Å²) >= 11 is 0. The number of rotatable bonds is 6. The second-order valence-electron chi connectivity index (χ2n) is 6.33. The van der Waals surface area contributed by atoms with Crippen molar-refractivity contribution in [2.75, 3.05) is 13.2 Å². The molecule has 1 rings (SSSR count). The molecule has 2 unspecified atom stereocenters. The lowest BCUT2D eigenvalue weighted by molar-refractivity contribution is -0.181. The van der Waals surface area contributed by atoms with Gasteiger partial charge in [-0.15, -0.1) is 0 Å². The van der Waals surface area contributed by atoms with Gasteiger partial charge in [-0.3, -0.25) is 9.59 Å². The number of ether oxygens (including phenoxy) is 1. The predicted octanol–water partition coefficient (Wildman–Crippen LogP) is 0.241. The van der Waals surface area contributed by atoms with Crippen molar-refractivity contribution in [3.63, 3.8) is 0 Å². The monoisotopic (exact) mass is 285 g/mol. The lowest BCUT2D eigenvalue weighted by Crippen LogP contribution is -2.76. The number of carbonyl (C=O) groups is 2. The molecule has 2 atom stereocenters. The summed E-state index contributed by atoms with van der Waals surface area (Å²) < 4.78 is 5.62. The standard InChI is InChI=1S/C14H27N3O3/c1-6-20-10-7-14(16,13(10,4)5)12(19)17(9(2)3)8-11(15)18/h9-10H,6-8,16H2,1-5H3,(H2,15,18). The van der Waals surface area contributed by atoms with E-state index in [-0.39, 0.29) is 24.6 Å². The minimum Gasteiger partial charge on any atom is -0.378 e. The molecule has 2 amide bonds. The molecular weight excluding hydrogens is 258 g/mol. The van der Waals surface area contributed by atoms with Gasteiger partial charge in [0.25, 0.3) is 0 Å². The zero-order valence-corrected chi connectivity index (χ0v) is 13.1. The average Bonchev–Trinajstić information content (AvgIpc) is 2.34. The van der Waals surface area contributed by atoms with Gasteiger partial charge in [-0.1, -0.05) is 13.8 Å². The van der Waals surface area contributed by atoms with Crippen molar-refractivity contribution in [2.24, 2.45) is 16.9 Å². The lowest BCUT2D eigenvalue weighted by atomic mass is 9.54. The van der Waals surface area contributed by atoms with Crippen LogP contribution in [0.4, 0.5) is 0 Å². The van der Waals surface area contributed by atoms with E-state index in [1.807, 2.05) is 34.6 Å². The fourth-order valence-corrected chi connectivity index (χ4v) is 2.71. The molecule has 0 aromatic heterocycles. The van der Waals surface area contributed by atoms with Gasteiger partial charge in [0.15, 0.2) is 0 Å². The number of carbonyl (C=O) groups excluding carboxylic acids is 2. The topological polar surface area (TPSA) is 98.7 Å². The molecule has 116 valence electrons. The first kappa shape index (κ1) is 16.9. The van der Waals surface area contributed by atoms with E-state index < -0.39 is 16.9 Å². The van der Waals surface area contributed by atoms with Crippen LogP contribution in [0.2, 0.25) is 0 Å². The smallest absolute Gasteiger partial charge is 0.244 e. The summed E-state index contributed by atoms with van der Waals surface area (Å²) in [6.45, 7) is 9.95. The van der Waals surface area contributed by atoms with E-state index in [2.05, 4.69) is 0 Å². The van der Waals surface area contributed by atoms with Crippen LogP contribution in [0.5, 0.6) is 0 Å². The molecule has 0 saturated heterocycles. The van der Waals surface area contributed by atoms with Crippen LogP contribution < -0.4 is 11.5 Å². The first-order valence-corrected chi connectivity index (χ1v) is 7.07. The van der Waals surface area contributed by atoms with Gasteiger partial charge >= 0.3 is 0 Å². The number of amides is 2. The Bertz CT molecular complexity index is 395. The maximum atomic E-state index is 12.7. The predicted molar refractivity (Wildman–Crippen MR) is 76.8 cm³/mol. The molecular formula is C14H27N3O3. The van der Waals surface area contributed by atoms with Crippen LogP contribution in [0.3, 0.4) is 0 Å². The zero-order valence-electron chi connectivity index (χ0n) is 13.1. The van der Waals surface area contributed by atoms with Crippen LogP contribution in [0.1, 0.15) is 41.0 Å². The normalized spacial score (nSPS) is 28.1. The van der Waals surface area contributed by atoms with Gasteiger partial charge in [-0.05, 0) is 20.8 Å². The molecule has 6 heteroatoms. The Morgan fingerprint density at radius 1 is 1.40 bits per heavy atom. The van der Waals surface area contributed by atoms with Crippen molar-refractivity contribution in [3.8, 4) is 0 Å². The van der Waals surface area contributed by atoms with Crippen LogP contribution in [-0.4, -0.2) is 47.6 Å². The minimum absolute atomic E-state index is 0.0379. The summed E-state index contributed by atoms with van der Waals surface area (Å²) in [5, 5.41) is 0. The van der Waals surface area contributed by atoms with E-state index in [1.165, 1.54) is 4.90 Å². The molecule has 0 aliphatic heterocycles. The van der Waals surface area contributed by atoms with Gasteiger partial charge in [0.2, 0.25) is 11.8 Å². The average molecular weight is 285 g/mol. The number of primary amides is 1. The molecule has 6 nitrogen and oxygen atoms in total. The van der Waals surface area contributed by atoms with E-state index in [4.69, 9.17) is 16.2 Å². The van der Waals surface area contributed by atoms with Gasteiger partial charge in [-0.2, -0.15) is 0 Å². The summed E-state index contributed by atoms with van der Waals surface area (Å²) in [6, 6.07) is -0.127. The molecule has 0 radical (unpaired) electrons. The molecule has 1 aliphatic rings. The summed E-state index contributed by atoms with van der Waals surface area (Å²) in [6.07, 6.45) is 0.429. The maximum Gasteiger partial charge on any atom is 0.244 e. The SMILES string of the molecule is CCOC1CC(N)(C(=O)N(CC(N)=O)C(C)C)C1(C)C. The van der Waals surface area contributed by atoms with Crippen molar-refractivity contribution < 1.29 is 14.3 Å². The number of hydrogen-bond donors (Lipinski definition) is 2. The Morgan fingerprint density at radius 2 is 1.95 bits per heavy atom. The fraction of sp³-hybridized carbons (Fsp3) is 0.857. The lowest BCUT2D eigenvalue weighted by Gasteiger charge is -2.58. The molecule has 0 spiro atoms. The largest absolute Gasteiger partial charge is 0.378 e. The highest BCUT2D eigenvalue weighted by Crippen LogP contribution is 2.50. The van der Waals surface area contributed by atoms with Gasteiger partial charge < -0.3 is 21.1 Å². The Labute approximate surface area is 120 Å². The summed E-state index contributed by atoms with van der Waals surface area (Å²) in [5.41, 5.74) is 10.1. The molecule has 1 saturated carbocycles. The second-order valence-corrected chi connectivity index (χ2v) is 6.33. The highest BCUT2D eigenvalue weighted by molar-refractivity contribution is 5.92. The Kier molecular flexibility index (Phi) is 4.82. The third kappa shape index (κ3) is 2.67. The first-order chi connectivity index (χ1) is 9.07. The van der Waals surface area contributed by atoms with Crippen molar-refractivity contribution in [3.05, 3.63) is 0 Å². The molecule has 1 aliphatic carbocycles. The maximum absolute atomic E-state index is 12.7. The molecule has 0 bridgehead atoms. The summed E-state index contributed by atoms with van der Waals surface area (Å²) in [7, 11) is 0. The van der Waals surface area contributed by atoms with Crippen LogP contribution >= 0.6 is 0 Å². The third-order valence-corrected chi connectivity index (χ3v) is 4.42. The number of nitrogens with two attached hydrogens (primary N) is 2. The Balaban J connectivity index is 2.92. The Morgan fingerprint density at radius 3 is 2.30 bits per heavy atom. The zero-order chi connectivity index (χ0) is 15.7. The van der Waals surface area contributed by atoms with E-state index in [9.17, 15) is 9.59 Å². The highest BCUT2D eigenvalue weighted by Gasteiger charge is 2.63. The first-order valence-electron chi connectivity index (χ1n) is 7.07. The summed E-state index contributed by atoms with van der Waals surface area (Å²) in [5.74, 6) is -0.763.